The molecule has 1 aliphatic heterocycles. The fourth-order valence-electron chi connectivity index (χ4n) is 2.88. The minimum absolute atomic E-state index is 0.0304. The number of hydrogen-bond acceptors (Lipinski definition) is 4. The molecule has 0 atom stereocenters. The summed E-state index contributed by atoms with van der Waals surface area (Å²) in [5.74, 6) is -0.879. The van der Waals surface area contributed by atoms with Gasteiger partial charge in [-0.05, 0) is 33.8 Å². The smallest absolute Gasteiger partial charge is 0.257 e. The molecule has 0 radical (unpaired) electrons. The number of ether oxygens (including phenoxy) is 1. The predicted molar refractivity (Wildman–Crippen MR) is 78.9 cm³/mol. The van der Waals surface area contributed by atoms with E-state index in [1.54, 1.807) is 11.9 Å². The number of amides is 1. The van der Waals surface area contributed by atoms with Gasteiger partial charge in [0.1, 0.15) is 0 Å². The van der Waals surface area contributed by atoms with Crippen molar-refractivity contribution in [2.45, 2.75) is 38.9 Å². The molecule has 116 valence electrons. The zero-order valence-electron chi connectivity index (χ0n) is 13.2. The van der Waals surface area contributed by atoms with Gasteiger partial charge >= 0.3 is 0 Å². The normalized spacial score (nSPS) is 20.2. The van der Waals surface area contributed by atoms with Gasteiger partial charge in [-0.15, -0.1) is 0 Å². The third-order valence-electron chi connectivity index (χ3n) is 3.34. The van der Waals surface area contributed by atoms with Gasteiger partial charge in [-0.1, -0.05) is 0 Å². The Morgan fingerprint density at radius 2 is 1.90 bits per heavy atom. The van der Waals surface area contributed by atoms with Gasteiger partial charge in [-0.2, -0.15) is 0 Å². The van der Waals surface area contributed by atoms with Gasteiger partial charge in [0.2, 0.25) is 0 Å². The molecule has 0 bridgehead atoms. The Kier molecular flexibility index (Phi) is 3.93. The van der Waals surface area contributed by atoms with Crippen molar-refractivity contribution in [3.8, 4) is 0 Å². The van der Waals surface area contributed by atoms with E-state index in [0.717, 1.165) is 0 Å². The van der Waals surface area contributed by atoms with E-state index < -0.39 is 17.0 Å². The molecule has 1 N–H and O–H groups in total. The number of aromatic nitrogens is 1. The maximum Gasteiger partial charge on any atom is 0.257 e. The van der Waals surface area contributed by atoms with Crippen molar-refractivity contribution in [1.82, 2.24) is 9.88 Å². The van der Waals surface area contributed by atoms with Crippen LogP contribution in [0.5, 0.6) is 0 Å². The number of anilines is 1. The summed E-state index contributed by atoms with van der Waals surface area (Å²) in [7, 11) is 1.57. The van der Waals surface area contributed by atoms with E-state index in [4.69, 9.17) is 4.74 Å². The van der Waals surface area contributed by atoms with Crippen LogP contribution in [0.15, 0.2) is 12.3 Å². The van der Waals surface area contributed by atoms with Crippen LogP contribution in [-0.2, 0) is 4.74 Å². The summed E-state index contributed by atoms with van der Waals surface area (Å²) in [4.78, 5) is 18.1. The number of halogens is 1. The number of hydrogen-bond donors (Lipinski definition) is 1. The average Bonchev–Trinajstić information content (AvgIpc) is 2.34. The number of carbonyl (C=O) groups is 1. The van der Waals surface area contributed by atoms with Gasteiger partial charge in [0.25, 0.3) is 5.91 Å². The molecule has 0 aromatic carbocycles. The van der Waals surface area contributed by atoms with Crippen LogP contribution in [-0.4, -0.2) is 47.1 Å². The van der Waals surface area contributed by atoms with Crippen LogP contribution in [0.25, 0.3) is 0 Å². The number of nitrogens with zero attached hydrogens (tertiary/aromatic N) is 2. The van der Waals surface area contributed by atoms with Crippen LogP contribution in [0.3, 0.4) is 0 Å². The first kappa shape index (κ1) is 15.7. The molecule has 5 nitrogen and oxygen atoms in total. The minimum atomic E-state index is -0.618. The Morgan fingerprint density at radius 1 is 1.33 bits per heavy atom. The second kappa shape index (κ2) is 5.26. The Morgan fingerprint density at radius 3 is 2.43 bits per heavy atom. The minimum Gasteiger partial charge on any atom is -0.371 e. The van der Waals surface area contributed by atoms with Crippen molar-refractivity contribution in [2.75, 3.05) is 25.5 Å². The van der Waals surface area contributed by atoms with Crippen LogP contribution < -0.4 is 5.32 Å². The van der Waals surface area contributed by atoms with E-state index in [1.807, 2.05) is 27.7 Å². The molecule has 1 saturated heterocycles. The summed E-state index contributed by atoms with van der Waals surface area (Å²) in [6, 6.07) is 1.41. The van der Waals surface area contributed by atoms with Crippen LogP contribution >= 0.6 is 0 Å². The summed E-state index contributed by atoms with van der Waals surface area (Å²) in [5.41, 5.74) is -0.901. The zero-order valence-corrected chi connectivity index (χ0v) is 13.2. The molecular formula is C15H22FN3O2. The highest BCUT2D eigenvalue weighted by Gasteiger charge is 2.40. The first-order chi connectivity index (χ1) is 9.65. The van der Waals surface area contributed by atoms with Gasteiger partial charge in [0, 0.05) is 26.3 Å². The molecule has 0 unspecified atom stereocenters. The standard InChI is InChI=1S/C15H22FN3O2/c1-14(2)8-19(9-15(3,4)21-14)13(20)10-6-7-18-12(17-5)11(10)16/h6-7H,8-9H2,1-5H3,(H,17,18). The number of rotatable bonds is 2. The van der Waals surface area contributed by atoms with E-state index in [1.165, 1.54) is 12.3 Å². The van der Waals surface area contributed by atoms with Gasteiger partial charge in [0.05, 0.1) is 16.8 Å². The summed E-state index contributed by atoms with van der Waals surface area (Å²) in [5, 5.41) is 2.64. The van der Waals surface area contributed by atoms with E-state index in [-0.39, 0.29) is 17.3 Å². The number of carbonyl (C=O) groups excluding carboxylic acids is 1. The Bertz CT molecular complexity index is 542. The molecule has 1 aromatic rings. The molecule has 6 heteroatoms. The van der Waals surface area contributed by atoms with Crippen LogP contribution in [0, 0.1) is 5.82 Å². The number of morpholine rings is 1. The fraction of sp³-hybridized carbons (Fsp3) is 0.600. The monoisotopic (exact) mass is 295 g/mol. The number of nitrogens with one attached hydrogen (secondary N) is 1. The van der Waals surface area contributed by atoms with Crippen LogP contribution in [0.1, 0.15) is 38.1 Å². The maximum atomic E-state index is 14.3. The quantitative estimate of drug-likeness (QED) is 0.909. The largest absolute Gasteiger partial charge is 0.371 e. The van der Waals surface area contributed by atoms with E-state index in [9.17, 15) is 9.18 Å². The molecule has 1 amide bonds. The topological polar surface area (TPSA) is 54.5 Å². The molecule has 2 heterocycles. The zero-order chi connectivity index (χ0) is 15.8. The fourth-order valence-corrected chi connectivity index (χ4v) is 2.88. The van der Waals surface area contributed by atoms with Gasteiger partial charge < -0.3 is 15.0 Å². The van der Waals surface area contributed by atoms with Gasteiger partial charge in [-0.3, -0.25) is 4.79 Å². The molecule has 1 fully saturated rings. The lowest BCUT2D eigenvalue weighted by Gasteiger charge is -2.47. The van der Waals surface area contributed by atoms with E-state index >= 15 is 0 Å². The number of pyridine rings is 1. The second-order valence-corrected chi connectivity index (χ2v) is 6.55. The lowest BCUT2D eigenvalue weighted by molar-refractivity contribution is -0.171. The van der Waals surface area contributed by atoms with E-state index in [2.05, 4.69) is 10.3 Å². The lowest BCUT2D eigenvalue weighted by atomic mass is 9.98. The third-order valence-corrected chi connectivity index (χ3v) is 3.34. The molecule has 1 aliphatic rings. The van der Waals surface area contributed by atoms with Crippen molar-refractivity contribution in [3.05, 3.63) is 23.6 Å². The first-order valence-electron chi connectivity index (χ1n) is 6.97. The molecule has 0 aliphatic carbocycles. The third kappa shape index (κ3) is 3.32. The molecule has 21 heavy (non-hydrogen) atoms. The van der Waals surface area contributed by atoms with Gasteiger partial charge in [-0.25, -0.2) is 9.37 Å². The lowest BCUT2D eigenvalue weighted by Crippen LogP contribution is -2.58. The van der Waals surface area contributed by atoms with Crippen molar-refractivity contribution in [3.63, 3.8) is 0 Å². The SMILES string of the molecule is CNc1nccc(C(=O)N2CC(C)(C)OC(C)(C)C2)c1F. The molecule has 2 rings (SSSR count). The maximum absolute atomic E-state index is 14.3. The first-order valence-corrected chi connectivity index (χ1v) is 6.97. The summed E-state index contributed by atoms with van der Waals surface area (Å²) in [6.45, 7) is 8.55. The molecule has 1 aromatic heterocycles. The second-order valence-electron chi connectivity index (χ2n) is 6.55. The molecule has 0 saturated carbocycles. The van der Waals surface area contributed by atoms with Crippen molar-refractivity contribution in [2.24, 2.45) is 0 Å². The highest BCUT2D eigenvalue weighted by atomic mass is 19.1. The highest BCUT2D eigenvalue weighted by Crippen LogP contribution is 2.29. The predicted octanol–water partition coefficient (Wildman–Crippen LogP) is 2.29. The van der Waals surface area contributed by atoms with Crippen LogP contribution in [0.4, 0.5) is 10.2 Å². The Balaban J connectivity index is 2.32. The van der Waals surface area contributed by atoms with Crippen LogP contribution in [0.2, 0.25) is 0 Å². The van der Waals surface area contributed by atoms with Crippen molar-refractivity contribution < 1.29 is 13.9 Å². The van der Waals surface area contributed by atoms with Crippen molar-refractivity contribution >= 4 is 11.7 Å². The molecule has 0 spiro atoms. The summed E-state index contributed by atoms with van der Waals surface area (Å²) < 4.78 is 20.2. The van der Waals surface area contributed by atoms with E-state index in [0.29, 0.717) is 13.1 Å². The molecular weight excluding hydrogens is 273 g/mol. The summed E-state index contributed by atoms with van der Waals surface area (Å²) in [6.07, 6.45) is 1.43. The Hall–Kier alpha value is -1.69. The average molecular weight is 295 g/mol. The van der Waals surface area contributed by atoms with Crippen molar-refractivity contribution in [1.29, 1.82) is 0 Å². The highest BCUT2D eigenvalue weighted by molar-refractivity contribution is 5.95. The summed E-state index contributed by atoms with van der Waals surface area (Å²) >= 11 is 0. The Labute approximate surface area is 124 Å². The van der Waals surface area contributed by atoms with Gasteiger partial charge in [0.15, 0.2) is 11.6 Å².